The van der Waals surface area contributed by atoms with Crippen LogP contribution >= 0.6 is 35.8 Å². The average molecular weight is 312 g/mol. The lowest BCUT2D eigenvalue weighted by Gasteiger charge is -2.11. The molecule has 0 atom stereocenters. The molecule has 0 bridgehead atoms. The molecule has 0 aromatic heterocycles. The SMILES string of the molecule is Cc1cccc(Cl)c1NC(=O)c1cc(S)ccc1Cl. The van der Waals surface area contributed by atoms with Crippen LogP contribution in [0.15, 0.2) is 41.3 Å². The molecule has 2 aromatic carbocycles. The Kier molecular flexibility index (Phi) is 4.40. The Bertz CT molecular complexity index is 623. The molecule has 2 rings (SSSR count). The fraction of sp³-hybridized carbons (Fsp3) is 0.0714. The lowest BCUT2D eigenvalue weighted by molar-refractivity contribution is 0.102. The van der Waals surface area contributed by atoms with Crippen LogP contribution < -0.4 is 5.32 Å². The number of thiol groups is 1. The number of hydrogen-bond donors (Lipinski definition) is 2. The molecule has 0 heterocycles. The Morgan fingerprint density at radius 2 is 1.89 bits per heavy atom. The molecule has 0 aliphatic heterocycles. The van der Waals surface area contributed by atoms with E-state index in [1.165, 1.54) is 0 Å². The zero-order valence-electron chi connectivity index (χ0n) is 10.1. The summed E-state index contributed by atoms with van der Waals surface area (Å²) in [5.74, 6) is -0.308. The van der Waals surface area contributed by atoms with Crippen LogP contribution in [0.5, 0.6) is 0 Å². The van der Waals surface area contributed by atoms with Crippen molar-refractivity contribution in [3.05, 3.63) is 57.6 Å². The first kappa shape index (κ1) is 14.3. The molecule has 0 radical (unpaired) electrons. The van der Waals surface area contributed by atoms with Gasteiger partial charge in [-0.1, -0.05) is 35.3 Å². The van der Waals surface area contributed by atoms with Crippen LogP contribution in [-0.2, 0) is 0 Å². The summed E-state index contributed by atoms with van der Waals surface area (Å²) in [7, 11) is 0. The third-order valence-electron chi connectivity index (χ3n) is 2.66. The summed E-state index contributed by atoms with van der Waals surface area (Å²) in [6, 6.07) is 10.4. The van der Waals surface area contributed by atoms with Gasteiger partial charge in [0.1, 0.15) is 0 Å². The van der Waals surface area contributed by atoms with Crippen molar-refractivity contribution in [2.24, 2.45) is 0 Å². The van der Waals surface area contributed by atoms with E-state index in [1.54, 1.807) is 24.3 Å². The van der Waals surface area contributed by atoms with Gasteiger partial charge in [0.15, 0.2) is 0 Å². The second-order valence-corrected chi connectivity index (χ2v) is 5.38. The van der Waals surface area contributed by atoms with Crippen LogP contribution in [0, 0.1) is 6.92 Å². The molecule has 98 valence electrons. The van der Waals surface area contributed by atoms with Gasteiger partial charge in [-0.15, -0.1) is 12.6 Å². The Hall–Kier alpha value is -1.16. The summed E-state index contributed by atoms with van der Waals surface area (Å²) in [5, 5.41) is 3.64. The van der Waals surface area contributed by atoms with Crippen molar-refractivity contribution in [1.29, 1.82) is 0 Å². The number of nitrogens with one attached hydrogen (secondary N) is 1. The highest BCUT2D eigenvalue weighted by molar-refractivity contribution is 7.80. The fourth-order valence-electron chi connectivity index (χ4n) is 1.66. The van der Waals surface area contributed by atoms with E-state index in [0.717, 1.165) is 5.56 Å². The van der Waals surface area contributed by atoms with Crippen LogP contribution in [0.2, 0.25) is 10.0 Å². The summed E-state index contributed by atoms with van der Waals surface area (Å²) < 4.78 is 0. The molecular weight excluding hydrogens is 301 g/mol. The number of benzene rings is 2. The van der Waals surface area contributed by atoms with Gasteiger partial charge in [0.25, 0.3) is 5.91 Å². The molecule has 2 aromatic rings. The molecule has 0 aliphatic carbocycles. The van der Waals surface area contributed by atoms with Crippen molar-refractivity contribution in [3.8, 4) is 0 Å². The van der Waals surface area contributed by atoms with E-state index < -0.39 is 0 Å². The van der Waals surface area contributed by atoms with Gasteiger partial charge >= 0.3 is 0 Å². The Balaban J connectivity index is 2.34. The number of rotatable bonds is 2. The Labute approximate surface area is 127 Å². The van der Waals surface area contributed by atoms with Gasteiger partial charge in [-0.2, -0.15) is 0 Å². The van der Waals surface area contributed by atoms with E-state index in [-0.39, 0.29) is 5.91 Å². The molecule has 5 heteroatoms. The minimum Gasteiger partial charge on any atom is -0.320 e. The van der Waals surface area contributed by atoms with Crippen molar-refractivity contribution in [3.63, 3.8) is 0 Å². The van der Waals surface area contributed by atoms with Gasteiger partial charge in [0.2, 0.25) is 0 Å². The molecule has 0 saturated carbocycles. The van der Waals surface area contributed by atoms with Crippen LogP contribution in [0.1, 0.15) is 15.9 Å². The number of hydrogen-bond acceptors (Lipinski definition) is 2. The highest BCUT2D eigenvalue weighted by atomic mass is 35.5. The number of halogens is 2. The first-order valence-electron chi connectivity index (χ1n) is 5.54. The first-order valence-corrected chi connectivity index (χ1v) is 6.74. The number of para-hydroxylation sites is 1. The van der Waals surface area contributed by atoms with Crippen molar-refractivity contribution >= 4 is 47.4 Å². The second kappa shape index (κ2) is 5.87. The lowest BCUT2D eigenvalue weighted by atomic mass is 10.1. The molecule has 0 spiro atoms. The standard InChI is InChI=1S/C14H11Cl2NOS/c1-8-3-2-4-12(16)13(8)17-14(18)10-7-9(19)5-6-11(10)15/h2-7,19H,1H3,(H,17,18). The van der Waals surface area contributed by atoms with Crippen molar-refractivity contribution in [2.75, 3.05) is 5.32 Å². The largest absolute Gasteiger partial charge is 0.320 e. The van der Waals surface area contributed by atoms with E-state index in [9.17, 15) is 4.79 Å². The van der Waals surface area contributed by atoms with E-state index in [4.69, 9.17) is 23.2 Å². The van der Waals surface area contributed by atoms with Crippen LogP contribution in [0.3, 0.4) is 0 Å². The van der Waals surface area contributed by atoms with Gasteiger partial charge in [-0.3, -0.25) is 4.79 Å². The van der Waals surface area contributed by atoms with Gasteiger partial charge in [0.05, 0.1) is 21.3 Å². The Morgan fingerprint density at radius 1 is 1.16 bits per heavy atom. The van der Waals surface area contributed by atoms with Gasteiger partial charge in [-0.05, 0) is 36.8 Å². The summed E-state index contributed by atoms with van der Waals surface area (Å²) in [5.41, 5.74) is 1.85. The topological polar surface area (TPSA) is 29.1 Å². The van der Waals surface area contributed by atoms with E-state index in [1.807, 2.05) is 19.1 Å². The third kappa shape index (κ3) is 3.24. The number of aryl methyl sites for hydroxylation is 1. The minimum absolute atomic E-state index is 0.308. The maximum Gasteiger partial charge on any atom is 0.257 e. The van der Waals surface area contributed by atoms with Gasteiger partial charge in [0, 0.05) is 4.90 Å². The summed E-state index contributed by atoms with van der Waals surface area (Å²) in [6.07, 6.45) is 0. The summed E-state index contributed by atoms with van der Waals surface area (Å²) in [4.78, 5) is 12.9. The maximum atomic E-state index is 12.2. The van der Waals surface area contributed by atoms with Crippen molar-refractivity contribution in [2.45, 2.75) is 11.8 Å². The highest BCUT2D eigenvalue weighted by Crippen LogP contribution is 2.27. The summed E-state index contributed by atoms with van der Waals surface area (Å²) in [6.45, 7) is 1.87. The predicted octanol–water partition coefficient (Wildman–Crippen LogP) is 4.84. The monoisotopic (exact) mass is 311 g/mol. The Morgan fingerprint density at radius 3 is 2.58 bits per heavy atom. The zero-order chi connectivity index (χ0) is 14.0. The molecule has 0 unspecified atom stereocenters. The fourth-order valence-corrected chi connectivity index (χ4v) is 2.33. The maximum absolute atomic E-state index is 12.2. The summed E-state index contributed by atoms with van der Waals surface area (Å²) >= 11 is 16.3. The quantitative estimate of drug-likeness (QED) is 0.763. The van der Waals surface area contributed by atoms with Crippen LogP contribution in [-0.4, -0.2) is 5.91 Å². The number of carbonyl (C=O) groups is 1. The molecule has 1 amide bonds. The molecule has 19 heavy (non-hydrogen) atoms. The second-order valence-electron chi connectivity index (χ2n) is 4.05. The van der Waals surface area contributed by atoms with Gasteiger partial charge in [-0.25, -0.2) is 0 Å². The predicted molar refractivity (Wildman–Crippen MR) is 82.8 cm³/mol. The molecule has 1 N–H and O–H groups in total. The van der Waals surface area contributed by atoms with E-state index in [2.05, 4.69) is 17.9 Å². The number of amides is 1. The molecule has 0 saturated heterocycles. The van der Waals surface area contributed by atoms with E-state index in [0.29, 0.717) is 26.2 Å². The third-order valence-corrected chi connectivity index (χ3v) is 3.58. The van der Waals surface area contributed by atoms with Crippen LogP contribution in [0.4, 0.5) is 5.69 Å². The number of anilines is 1. The lowest BCUT2D eigenvalue weighted by Crippen LogP contribution is -2.13. The van der Waals surface area contributed by atoms with Crippen molar-refractivity contribution < 1.29 is 4.79 Å². The van der Waals surface area contributed by atoms with E-state index >= 15 is 0 Å². The molecule has 2 nitrogen and oxygen atoms in total. The molecule has 0 fully saturated rings. The van der Waals surface area contributed by atoms with Crippen molar-refractivity contribution in [1.82, 2.24) is 0 Å². The smallest absolute Gasteiger partial charge is 0.257 e. The zero-order valence-corrected chi connectivity index (χ0v) is 12.5. The highest BCUT2D eigenvalue weighted by Gasteiger charge is 2.13. The van der Waals surface area contributed by atoms with Crippen LogP contribution in [0.25, 0.3) is 0 Å². The molecule has 0 aliphatic rings. The first-order chi connectivity index (χ1) is 8.99. The van der Waals surface area contributed by atoms with Gasteiger partial charge < -0.3 is 5.32 Å². The normalized spacial score (nSPS) is 10.3. The minimum atomic E-state index is -0.308. The molecular formula is C14H11Cl2NOS. The average Bonchev–Trinajstić information content (AvgIpc) is 2.37. The number of carbonyl (C=O) groups excluding carboxylic acids is 1.